The van der Waals surface area contributed by atoms with Gasteiger partial charge in [-0.05, 0) is 24.3 Å². The molecule has 0 saturated heterocycles. The Bertz CT molecular complexity index is 792. The van der Waals surface area contributed by atoms with E-state index in [1.54, 1.807) is 35.0 Å². The van der Waals surface area contributed by atoms with Crippen LogP contribution in [0.2, 0.25) is 0 Å². The zero-order valence-electron chi connectivity index (χ0n) is 9.20. The second kappa shape index (κ2) is 3.66. The van der Waals surface area contributed by atoms with Gasteiger partial charge in [0.25, 0.3) is 0 Å². The van der Waals surface area contributed by atoms with Gasteiger partial charge in [-0.3, -0.25) is 4.79 Å². The molecule has 18 heavy (non-hydrogen) atoms. The fraction of sp³-hybridized carbons (Fsp3) is 0. The minimum Gasteiger partial charge on any atom is -0.478 e. The molecule has 0 saturated carbocycles. The highest BCUT2D eigenvalue weighted by molar-refractivity contribution is 5.94. The summed E-state index contributed by atoms with van der Waals surface area (Å²) < 4.78 is 1.55. The van der Waals surface area contributed by atoms with Gasteiger partial charge in [-0.15, -0.1) is 0 Å². The number of carboxylic acid groups (broad SMARTS) is 1. The minimum absolute atomic E-state index is 0.107. The van der Waals surface area contributed by atoms with Crippen LogP contribution < -0.4 is 5.43 Å². The molecule has 0 unspecified atom stereocenters. The molecular weight excluding hydrogens is 232 g/mol. The molecule has 5 nitrogen and oxygen atoms in total. The van der Waals surface area contributed by atoms with Gasteiger partial charge in [-0.2, -0.15) is 0 Å². The molecule has 0 amide bonds. The zero-order chi connectivity index (χ0) is 12.7. The van der Waals surface area contributed by atoms with Gasteiger partial charge < -0.3 is 9.51 Å². The maximum absolute atomic E-state index is 11.7. The van der Waals surface area contributed by atoms with Crippen molar-refractivity contribution in [1.29, 1.82) is 0 Å². The molecular formula is C13H8N2O3. The summed E-state index contributed by atoms with van der Waals surface area (Å²) in [6.45, 7) is 0. The average Bonchev–Trinajstić information content (AvgIpc) is 2.36. The first-order valence-corrected chi connectivity index (χ1v) is 5.31. The number of aromatic nitrogens is 2. The van der Waals surface area contributed by atoms with E-state index in [2.05, 4.69) is 4.98 Å². The Labute approximate surface area is 101 Å². The maximum atomic E-state index is 11.7. The second-order valence-corrected chi connectivity index (χ2v) is 3.89. The molecule has 1 N–H and O–H groups in total. The fourth-order valence-corrected chi connectivity index (χ4v) is 1.92. The normalized spacial score (nSPS) is 10.9. The molecule has 0 aromatic carbocycles. The predicted molar refractivity (Wildman–Crippen MR) is 65.0 cm³/mol. The van der Waals surface area contributed by atoms with Crippen LogP contribution in [0.25, 0.3) is 16.9 Å². The molecule has 1 aromatic rings. The Morgan fingerprint density at radius 2 is 2.06 bits per heavy atom. The molecule has 88 valence electrons. The van der Waals surface area contributed by atoms with Gasteiger partial charge in [0.1, 0.15) is 5.56 Å². The van der Waals surface area contributed by atoms with Crippen molar-refractivity contribution in [3.8, 4) is 11.3 Å². The lowest BCUT2D eigenvalue weighted by Gasteiger charge is -2.09. The quantitative estimate of drug-likeness (QED) is 0.654. The Balaban J connectivity index is 2.50. The Hall–Kier alpha value is -2.69. The topological polar surface area (TPSA) is 71.7 Å². The predicted octanol–water partition coefficient (Wildman–Crippen LogP) is 1.50. The average molecular weight is 240 g/mol. The summed E-state index contributed by atoms with van der Waals surface area (Å²) in [6, 6.07) is 7.85. The number of nitrogens with zero attached hydrogens (tertiary/aromatic N) is 2. The molecule has 5 heteroatoms. The largest absolute Gasteiger partial charge is 0.478 e. The van der Waals surface area contributed by atoms with Crippen molar-refractivity contribution in [1.82, 2.24) is 9.38 Å². The first-order valence-electron chi connectivity index (χ1n) is 5.31. The van der Waals surface area contributed by atoms with E-state index in [-0.39, 0.29) is 11.0 Å². The number of hydrogen-bond donors (Lipinski definition) is 1. The third-order valence-electron chi connectivity index (χ3n) is 2.76. The molecule has 1 aromatic heterocycles. The van der Waals surface area contributed by atoms with E-state index >= 15 is 0 Å². The van der Waals surface area contributed by atoms with Gasteiger partial charge >= 0.3 is 5.97 Å². The molecule has 2 aliphatic rings. The van der Waals surface area contributed by atoms with E-state index < -0.39 is 5.97 Å². The van der Waals surface area contributed by atoms with Crippen LogP contribution in [0.5, 0.6) is 0 Å². The van der Waals surface area contributed by atoms with Crippen LogP contribution in [-0.2, 0) is 0 Å². The highest BCUT2D eigenvalue weighted by Crippen LogP contribution is 2.18. The standard InChI is InChI=1S/C13H8N2O3/c16-11-5-1-4-10-9(11)7-15-6-2-3-8(13(17)18)12(15)14-10/h1-7H,(H,17,18). The summed E-state index contributed by atoms with van der Waals surface area (Å²) in [7, 11) is 0. The molecule has 0 atom stereocenters. The van der Waals surface area contributed by atoms with Gasteiger partial charge in [0, 0.05) is 12.4 Å². The van der Waals surface area contributed by atoms with Crippen molar-refractivity contribution in [2.75, 3.05) is 0 Å². The number of pyridine rings is 1. The molecule has 0 radical (unpaired) electrons. The molecule has 3 rings (SSSR count). The number of carboxylic acids is 1. The van der Waals surface area contributed by atoms with Crippen LogP contribution in [-0.4, -0.2) is 20.5 Å². The lowest BCUT2D eigenvalue weighted by Crippen LogP contribution is -2.10. The van der Waals surface area contributed by atoms with E-state index in [0.717, 1.165) is 0 Å². The molecule has 2 heterocycles. The van der Waals surface area contributed by atoms with Crippen LogP contribution in [0.1, 0.15) is 10.4 Å². The maximum Gasteiger partial charge on any atom is 0.339 e. The first kappa shape index (κ1) is 10.5. The van der Waals surface area contributed by atoms with Crippen molar-refractivity contribution >= 4 is 11.6 Å². The molecule has 1 aliphatic heterocycles. The van der Waals surface area contributed by atoms with Crippen LogP contribution >= 0.6 is 0 Å². The number of aromatic carboxylic acids is 1. The van der Waals surface area contributed by atoms with Gasteiger partial charge in [0.15, 0.2) is 11.1 Å². The number of hydrogen-bond acceptors (Lipinski definition) is 3. The summed E-state index contributed by atoms with van der Waals surface area (Å²) in [6.07, 6.45) is 3.27. The number of fused-ring (bicyclic) bond motifs is 2. The van der Waals surface area contributed by atoms with E-state index in [0.29, 0.717) is 16.9 Å². The fourth-order valence-electron chi connectivity index (χ4n) is 1.92. The third kappa shape index (κ3) is 1.45. The van der Waals surface area contributed by atoms with E-state index in [1.165, 1.54) is 12.1 Å². The van der Waals surface area contributed by atoms with Crippen LogP contribution in [0.15, 0.2) is 47.5 Å². The van der Waals surface area contributed by atoms with E-state index in [4.69, 9.17) is 5.11 Å². The zero-order valence-corrected chi connectivity index (χ0v) is 9.20. The Morgan fingerprint density at radius 3 is 2.83 bits per heavy atom. The van der Waals surface area contributed by atoms with Crippen molar-refractivity contribution in [2.45, 2.75) is 0 Å². The van der Waals surface area contributed by atoms with Crippen molar-refractivity contribution in [3.05, 3.63) is 58.5 Å². The summed E-state index contributed by atoms with van der Waals surface area (Å²) in [5.74, 6) is -1.04. The Kier molecular flexibility index (Phi) is 2.13. The summed E-state index contributed by atoms with van der Waals surface area (Å²) in [5, 5.41) is 9.09. The van der Waals surface area contributed by atoms with Gasteiger partial charge in [-0.25, -0.2) is 9.78 Å². The van der Waals surface area contributed by atoms with E-state index in [9.17, 15) is 9.59 Å². The molecule has 0 spiro atoms. The number of carbonyl (C=O) groups is 1. The highest BCUT2D eigenvalue weighted by atomic mass is 16.4. The minimum atomic E-state index is -1.04. The summed E-state index contributed by atoms with van der Waals surface area (Å²) >= 11 is 0. The lowest BCUT2D eigenvalue weighted by atomic mass is 10.1. The van der Waals surface area contributed by atoms with Crippen molar-refractivity contribution in [3.63, 3.8) is 0 Å². The van der Waals surface area contributed by atoms with Crippen molar-refractivity contribution in [2.24, 2.45) is 0 Å². The summed E-state index contributed by atoms with van der Waals surface area (Å²) in [5.41, 5.74) is 1.27. The molecule has 1 aliphatic carbocycles. The molecule has 0 fully saturated rings. The van der Waals surface area contributed by atoms with Crippen molar-refractivity contribution < 1.29 is 9.90 Å². The van der Waals surface area contributed by atoms with E-state index in [1.807, 2.05) is 0 Å². The molecule has 0 bridgehead atoms. The number of benzene rings is 1. The van der Waals surface area contributed by atoms with Crippen LogP contribution in [0.3, 0.4) is 0 Å². The highest BCUT2D eigenvalue weighted by Gasteiger charge is 2.13. The monoisotopic (exact) mass is 240 g/mol. The third-order valence-corrected chi connectivity index (χ3v) is 2.76. The van der Waals surface area contributed by atoms with Gasteiger partial charge in [-0.1, -0.05) is 6.07 Å². The van der Waals surface area contributed by atoms with Crippen LogP contribution in [0.4, 0.5) is 0 Å². The Morgan fingerprint density at radius 1 is 1.22 bits per heavy atom. The lowest BCUT2D eigenvalue weighted by molar-refractivity contribution is 0.0698. The first-order chi connectivity index (χ1) is 8.66. The van der Waals surface area contributed by atoms with Crippen LogP contribution in [0, 0.1) is 0 Å². The smallest absolute Gasteiger partial charge is 0.339 e. The summed E-state index contributed by atoms with van der Waals surface area (Å²) in [4.78, 5) is 27.0. The number of rotatable bonds is 1. The van der Waals surface area contributed by atoms with Gasteiger partial charge in [0.05, 0.1) is 11.3 Å². The SMILES string of the molecule is O=C(O)c1cccn2cc3c(=O)cccc-3nc12. The second-order valence-electron chi connectivity index (χ2n) is 3.89. The van der Waals surface area contributed by atoms with Gasteiger partial charge in [0.2, 0.25) is 0 Å².